The Morgan fingerprint density at radius 3 is 2.83 bits per heavy atom. The minimum Gasteiger partial charge on any atom is -0.454 e. The van der Waals surface area contributed by atoms with Gasteiger partial charge in [-0.25, -0.2) is 4.90 Å². The Bertz CT molecular complexity index is 1170. The molecule has 3 aromatic rings. The lowest BCUT2D eigenvalue weighted by molar-refractivity contribution is -0.123. The van der Waals surface area contributed by atoms with Gasteiger partial charge in [-0.1, -0.05) is 18.2 Å². The molecule has 4 heterocycles. The van der Waals surface area contributed by atoms with E-state index in [1.165, 1.54) is 15.8 Å². The maximum absolute atomic E-state index is 13.2. The molecule has 7 heteroatoms. The Morgan fingerprint density at radius 1 is 1.03 bits per heavy atom. The van der Waals surface area contributed by atoms with E-state index in [0.29, 0.717) is 23.7 Å². The van der Waals surface area contributed by atoms with E-state index in [4.69, 9.17) is 9.47 Å². The second-order valence-corrected chi connectivity index (χ2v) is 7.67. The number of H-pyrrole nitrogens is 1. The number of para-hydroxylation sites is 1. The topological polar surface area (TPSA) is 74.9 Å². The number of carbonyl (C=O) groups excluding carboxylic acids is 2. The Labute approximate surface area is 166 Å². The summed E-state index contributed by atoms with van der Waals surface area (Å²) in [5.74, 6) is 0.841. The number of carbonyl (C=O) groups is 2. The maximum atomic E-state index is 13.2. The zero-order valence-corrected chi connectivity index (χ0v) is 15.7. The maximum Gasteiger partial charge on any atom is 0.251 e. The summed E-state index contributed by atoms with van der Waals surface area (Å²) >= 11 is 0. The van der Waals surface area contributed by atoms with E-state index >= 15 is 0 Å². The summed E-state index contributed by atoms with van der Waals surface area (Å²) in [5.41, 5.74) is 4.12. The Hall–Kier alpha value is -3.32. The molecule has 1 atom stereocenters. The van der Waals surface area contributed by atoms with Crippen LogP contribution >= 0.6 is 0 Å². The average Bonchev–Trinajstić information content (AvgIpc) is 3.42. The number of nitrogens with one attached hydrogen (secondary N) is 1. The number of hydrogen-bond acceptors (Lipinski definition) is 5. The molecule has 1 fully saturated rings. The zero-order chi connectivity index (χ0) is 19.5. The van der Waals surface area contributed by atoms with E-state index in [1.54, 1.807) is 18.2 Å². The molecule has 0 radical (unpaired) electrons. The lowest BCUT2D eigenvalue weighted by Gasteiger charge is -2.30. The number of imide groups is 1. The number of fused-ring (bicyclic) bond motifs is 4. The zero-order valence-electron chi connectivity index (χ0n) is 15.7. The highest BCUT2D eigenvalue weighted by molar-refractivity contribution is 6.22. The number of anilines is 1. The normalized spacial score (nSPS) is 21.2. The van der Waals surface area contributed by atoms with Gasteiger partial charge in [0.25, 0.3) is 5.91 Å². The van der Waals surface area contributed by atoms with Crippen molar-refractivity contribution >= 4 is 28.4 Å². The summed E-state index contributed by atoms with van der Waals surface area (Å²) in [6, 6.07) is 13.0. The van der Waals surface area contributed by atoms with Gasteiger partial charge >= 0.3 is 0 Å². The first-order valence-corrected chi connectivity index (χ1v) is 9.78. The number of aromatic amines is 1. The number of aromatic nitrogens is 1. The molecule has 29 heavy (non-hydrogen) atoms. The van der Waals surface area contributed by atoms with Gasteiger partial charge in [0.15, 0.2) is 11.5 Å². The van der Waals surface area contributed by atoms with Crippen LogP contribution in [-0.2, 0) is 22.6 Å². The van der Waals surface area contributed by atoms with Crippen molar-refractivity contribution in [1.82, 2.24) is 9.88 Å². The first kappa shape index (κ1) is 16.6. The number of nitrogens with zero attached hydrogens (tertiary/aromatic N) is 2. The molecule has 0 unspecified atom stereocenters. The van der Waals surface area contributed by atoms with Crippen LogP contribution in [0.3, 0.4) is 0 Å². The first-order valence-electron chi connectivity index (χ1n) is 9.78. The lowest BCUT2D eigenvalue weighted by Crippen LogP contribution is -2.44. The van der Waals surface area contributed by atoms with Gasteiger partial charge in [-0.15, -0.1) is 0 Å². The van der Waals surface area contributed by atoms with Crippen LogP contribution in [-0.4, -0.2) is 41.1 Å². The summed E-state index contributed by atoms with van der Waals surface area (Å²) in [7, 11) is 0. The van der Waals surface area contributed by atoms with Crippen molar-refractivity contribution in [3.05, 3.63) is 53.7 Å². The summed E-state index contributed by atoms with van der Waals surface area (Å²) in [6.07, 6.45) is 1.06. The SMILES string of the molecule is O=C1C[C@H](N2CCc3c([nH]c4ccccc34)C2)C(=O)N1c1ccc2c(c1)OCO2. The molecule has 6 rings (SSSR count). The average molecular weight is 389 g/mol. The third-order valence-corrected chi connectivity index (χ3v) is 6.09. The molecule has 0 saturated carbocycles. The number of rotatable bonds is 2. The fourth-order valence-corrected chi connectivity index (χ4v) is 4.68. The molecule has 0 aliphatic carbocycles. The van der Waals surface area contributed by atoms with E-state index in [2.05, 4.69) is 22.0 Å². The Morgan fingerprint density at radius 2 is 1.90 bits per heavy atom. The predicted octanol–water partition coefficient (Wildman–Crippen LogP) is 2.59. The fraction of sp³-hybridized carbons (Fsp3) is 0.273. The molecule has 1 saturated heterocycles. The molecule has 2 amide bonds. The smallest absolute Gasteiger partial charge is 0.251 e. The molecule has 3 aliphatic rings. The molecular weight excluding hydrogens is 370 g/mol. The van der Waals surface area contributed by atoms with Crippen LogP contribution in [0, 0.1) is 0 Å². The van der Waals surface area contributed by atoms with Gasteiger partial charge in [-0.05, 0) is 30.2 Å². The van der Waals surface area contributed by atoms with Crippen LogP contribution in [0.5, 0.6) is 11.5 Å². The largest absolute Gasteiger partial charge is 0.454 e. The molecule has 146 valence electrons. The van der Waals surface area contributed by atoms with Crippen LogP contribution in [0.4, 0.5) is 5.69 Å². The molecule has 2 aromatic carbocycles. The highest BCUT2D eigenvalue weighted by atomic mass is 16.7. The van der Waals surface area contributed by atoms with Gasteiger partial charge in [0.2, 0.25) is 12.7 Å². The van der Waals surface area contributed by atoms with Gasteiger partial charge in [-0.2, -0.15) is 0 Å². The van der Waals surface area contributed by atoms with Crippen LogP contribution in [0.1, 0.15) is 17.7 Å². The van der Waals surface area contributed by atoms with Gasteiger partial charge in [-0.3, -0.25) is 14.5 Å². The number of amides is 2. The van der Waals surface area contributed by atoms with Crippen molar-refractivity contribution < 1.29 is 19.1 Å². The van der Waals surface area contributed by atoms with Crippen LogP contribution in [0.2, 0.25) is 0 Å². The molecule has 0 bridgehead atoms. The van der Waals surface area contributed by atoms with Crippen LogP contribution in [0.25, 0.3) is 10.9 Å². The molecule has 7 nitrogen and oxygen atoms in total. The highest BCUT2D eigenvalue weighted by Crippen LogP contribution is 2.38. The minimum atomic E-state index is -0.438. The van der Waals surface area contributed by atoms with E-state index in [1.807, 2.05) is 12.1 Å². The van der Waals surface area contributed by atoms with Crippen LogP contribution in [0.15, 0.2) is 42.5 Å². The standard InChI is InChI=1S/C22H19N3O4/c26-21-10-18(22(27)25(21)13-5-6-19-20(9-13)29-12-28-19)24-8-7-15-14-3-1-2-4-16(14)23-17(15)11-24/h1-6,9,18,23H,7-8,10-12H2/t18-/m0/s1. The van der Waals surface area contributed by atoms with Crippen molar-refractivity contribution in [1.29, 1.82) is 0 Å². The molecule has 0 spiro atoms. The van der Waals surface area contributed by atoms with Gasteiger partial charge in [0.05, 0.1) is 18.2 Å². The summed E-state index contributed by atoms with van der Waals surface area (Å²) in [5, 5.41) is 1.25. The predicted molar refractivity (Wildman–Crippen MR) is 106 cm³/mol. The summed E-state index contributed by atoms with van der Waals surface area (Å²) < 4.78 is 10.7. The van der Waals surface area contributed by atoms with E-state index in [0.717, 1.165) is 24.2 Å². The number of benzene rings is 2. The van der Waals surface area contributed by atoms with Crippen molar-refractivity contribution in [2.24, 2.45) is 0 Å². The second-order valence-electron chi connectivity index (χ2n) is 7.67. The first-order chi connectivity index (χ1) is 14.2. The van der Waals surface area contributed by atoms with Crippen molar-refractivity contribution in [2.45, 2.75) is 25.4 Å². The quantitative estimate of drug-likeness (QED) is 0.682. The third kappa shape index (κ3) is 2.47. The third-order valence-electron chi connectivity index (χ3n) is 6.09. The van der Waals surface area contributed by atoms with Crippen LogP contribution < -0.4 is 14.4 Å². The summed E-state index contributed by atoms with van der Waals surface area (Å²) in [4.78, 5) is 32.8. The van der Waals surface area contributed by atoms with E-state index in [9.17, 15) is 9.59 Å². The van der Waals surface area contributed by atoms with E-state index < -0.39 is 6.04 Å². The number of hydrogen-bond donors (Lipinski definition) is 1. The lowest BCUT2D eigenvalue weighted by atomic mass is 10.0. The minimum absolute atomic E-state index is 0.157. The fourth-order valence-electron chi connectivity index (χ4n) is 4.68. The Kier molecular flexibility index (Phi) is 3.49. The molecule has 3 aliphatic heterocycles. The van der Waals surface area contributed by atoms with Crippen molar-refractivity contribution in [3.8, 4) is 11.5 Å². The second kappa shape index (κ2) is 6.09. The van der Waals surface area contributed by atoms with Gasteiger partial charge in [0.1, 0.15) is 0 Å². The number of ether oxygens (including phenoxy) is 2. The molecular formula is C22H19N3O4. The van der Waals surface area contributed by atoms with Crippen molar-refractivity contribution in [2.75, 3.05) is 18.2 Å². The van der Waals surface area contributed by atoms with Gasteiger partial charge in [0, 0.05) is 35.8 Å². The highest BCUT2D eigenvalue weighted by Gasteiger charge is 2.44. The molecule has 1 aromatic heterocycles. The monoisotopic (exact) mass is 389 g/mol. The van der Waals surface area contributed by atoms with Gasteiger partial charge < -0.3 is 14.5 Å². The molecule has 1 N–H and O–H groups in total. The summed E-state index contributed by atoms with van der Waals surface area (Å²) in [6.45, 7) is 1.56. The van der Waals surface area contributed by atoms with E-state index in [-0.39, 0.29) is 25.0 Å². The van der Waals surface area contributed by atoms with Crippen molar-refractivity contribution in [3.63, 3.8) is 0 Å². The Balaban J connectivity index is 1.28.